The summed E-state index contributed by atoms with van der Waals surface area (Å²) in [4.78, 5) is 15.1. The van der Waals surface area contributed by atoms with E-state index < -0.39 is 15.9 Å². The van der Waals surface area contributed by atoms with Crippen LogP contribution >= 0.6 is 11.6 Å². The Kier molecular flexibility index (Phi) is 7.02. The Morgan fingerprint density at radius 1 is 1.03 bits per heavy atom. The van der Waals surface area contributed by atoms with E-state index in [-0.39, 0.29) is 9.92 Å². The second kappa shape index (κ2) is 9.79. The van der Waals surface area contributed by atoms with Gasteiger partial charge in [0.25, 0.3) is 5.91 Å². The van der Waals surface area contributed by atoms with Crippen molar-refractivity contribution in [1.29, 1.82) is 0 Å². The Balaban J connectivity index is 1.65. The number of benzene rings is 2. The van der Waals surface area contributed by atoms with Crippen molar-refractivity contribution in [3.63, 3.8) is 0 Å². The number of nitrogens with zero attached hydrogens (tertiary/aromatic N) is 2. The Labute approximate surface area is 199 Å². The van der Waals surface area contributed by atoms with Crippen LogP contribution in [0.25, 0.3) is 0 Å². The average molecular weight is 494 g/mol. The molecule has 1 fully saturated rings. The molecule has 10 heteroatoms. The fourth-order valence-corrected chi connectivity index (χ4v) is 5.79. The first-order valence-electron chi connectivity index (χ1n) is 11.0. The number of nitrogens with one attached hydrogen (secondary N) is 1. The Bertz CT molecular complexity index is 1150. The minimum absolute atomic E-state index is 0.155. The van der Waals surface area contributed by atoms with Gasteiger partial charge in [0.05, 0.1) is 34.5 Å². The zero-order chi connectivity index (χ0) is 23.6. The third-order valence-corrected chi connectivity index (χ3v) is 7.89. The van der Waals surface area contributed by atoms with Crippen LogP contribution in [0.15, 0.2) is 35.2 Å². The van der Waals surface area contributed by atoms with E-state index in [0.717, 1.165) is 25.7 Å². The van der Waals surface area contributed by atoms with Crippen LogP contribution in [0.3, 0.4) is 0 Å². The molecule has 1 amide bonds. The minimum atomic E-state index is -3.64. The summed E-state index contributed by atoms with van der Waals surface area (Å²) in [6.07, 6.45) is 3.45. The van der Waals surface area contributed by atoms with Gasteiger partial charge in [-0.2, -0.15) is 4.31 Å². The van der Waals surface area contributed by atoms with Crippen LogP contribution in [0.2, 0.25) is 5.02 Å². The van der Waals surface area contributed by atoms with Gasteiger partial charge < -0.3 is 19.7 Å². The van der Waals surface area contributed by atoms with Gasteiger partial charge in [-0.25, -0.2) is 8.42 Å². The lowest BCUT2D eigenvalue weighted by molar-refractivity contribution is 0.102. The van der Waals surface area contributed by atoms with Crippen LogP contribution in [0.4, 0.5) is 11.4 Å². The van der Waals surface area contributed by atoms with Crippen LogP contribution in [0.1, 0.15) is 36.0 Å². The molecule has 0 saturated carbocycles. The predicted octanol–water partition coefficient (Wildman–Crippen LogP) is 3.99. The Hall–Kier alpha value is -2.49. The number of hydrogen-bond acceptors (Lipinski definition) is 6. The third kappa shape index (κ3) is 5.05. The van der Waals surface area contributed by atoms with Gasteiger partial charge in [-0.15, -0.1) is 0 Å². The molecule has 0 aromatic heterocycles. The Morgan fingerprint density at radius 2 is 1.76 bits per heavy atom. The van der Waals surface area contributed by atoms with Crippen molar-refractivity contribution >= 4 is 38.9 Å². The van der Waals surface area contributed by atoms with Crippen molar-refractivity contribution in [1.82, 2.24) is 4.31 Å². The molecule has 0 bridgehead atoms. The van der Waals surface area contributed by atoms with E-state index in [4.69, 9.17) is 21.1 Å². The predicted molar refractivity (Wildman–Crippen MR) is 128 cm³/mol. The van der Waals surface area contributed by atoms with Crippen LogP contribution in [-0.4, -0.2) is 59.0 Å². The maximum atomic E-state index is 13.2. The number of sulfonamides is 1. The molecular weight excluding hydrogens is 466 g/mol. The topological polar surface area (TPSA) is 88.2 Å². The molecule has 4 rings (SSSR count). The molecular formula is C23H28ClN3O5S. The summed E-state index contributed by atoms with van der Waals surface area (Å²) >= 11 is 6.34. The lowest BCUT2D eigenvalue weighted by Crippen LogP contribution is -2.35. The lowest BCUT2D eigenvalue weighted by Gasteiger charge is -2.26. The third-order valence-electron chi connectivity index (χ3n) is 5.72. The quantitative estimate of drug-likeness (QED) is 0.677. The first-order valence-corrected chi connectivity index (χ1v) is 12.8. The van der Waals surface area contributed by atoms with Crippen molar-refractivity contribution in [2.75, 3.05) is 50.6 Å². The molecule has 2 aromatic carbocycles. The molecule has 0 spiro atoms. The van der Waals surface area contributed by atoms with Crippen LogP contribution < -0.4 is 19.7 Å². The molecule has 2 aromatic rings. The summed E-state index contributed by atoms with van der Waals surface area (Å²) in [5, 5.41) is 3.14. The van der Waals surface area contributed by atoms with Crippen LogP contribution in [0.5, 0.6) is 11.5 Å². The van der Waals surface area contributed by atoms with E-state index in [2.05, 4.69) is 5.32 Å². The summed E-state index contributed by atoms with van der Waals surface area (Å²) in [7, 11) is 0.0108. The molecule has 33 heavy (non-hydrogen) atoms. The van der Waals surface area contributed by atoms with Gasteiger partial charge in [-0.1, -0.05) is 18.0 Å². The van der Waals surface area contributed by atoms with Gasteiger partial charge in [0.15, 0.2) is 11.5 Å². The number of carbonyl (C=O) groups is 1. The monoisotopic (exact) mass is 493 g/mol. The van der Waals surface area contributed by atoms with Crippen molar-refractivity contribution in [2.24, 2.45) is 0 Å². The van der Waals surface area contributed by atoms with E-state index in [1.807, 2.05) is 19.0 Å². The fourth-order valence-electron chi connectivity index (χ4n) is 3.98. The first-order chi connectivity index (χ1) is 15.8. The SMILES string of the molecule is CN(C)c1ccc(S(=O)(=O)N2CCCCC2)cc1NC(=O)c1cc(Cl)c2c(c1)OCCCO2. The Morgan fingerprint density at radius 3 is 2.48 bits per heavy atom. The number of rotatable bonds is 5. The normalized spacial score (nSPS) is 16.7. The van der Waals surface area contributed by atoms with Crippen molar-refractivity contribution in [2.45, 2.75) is 30.6 Å². The van der Waals surface area contributed by atoms with Crippen LogP contribution in [0, 0.1) is 0 Å². The molecule has 1 saturated heterocycles. The molecule has 2 aliphatic heterocycles. The van der Waals surface area contributed by atoms with E-state index in [9.17, 15) is 13.2 Å². The number of halogens is 1. The zero-order valence-electron chi connectivity index (χ0n) is 18.8. The molecule has 2 aliphatic rings. The van der Waals surface area contributed by atoms with E-state index in [0.29, 0.717) is 54.7 Å². The van der Waals surface area contributed by atoms with E-state index in [1.165, 1.54) is 16.4 Å². The molecule has 0 radical (unpaired) electrons. The average Bonchev–Trinajstić information content (AvgIpc) is 3.05. The largest absolute Gasteiger partial charge is 0.489 e. The molecule has 0 atom stereocenters. The number of anilines is 2. The highest BCUT2D eigenvalue weighted by atomic mass is 35.5. The second-order valence-electron chi connectivity index (χ2n) is 8.33. The molecule has 2 heterocycles. The minimum Gasteiger partial charge on any atom is -0.489 e. The summed E-state index contributed by atoms with van der Waals surface area (Å²) in [6, 6.07) is 7.91. The van der Waals surface area contributed by atoms with Crippen molar-refractivity contribution < 1.29 is 22.7 Å². The molecule has 0 aliphatic carbocycles. The highest BCUT2D eigenvalue weighted by Crippen LogP contribution is 2.38. The van der Waals surface area contributed by atoms with E-state index >= 15 is 0 Å². The fraction of sp³-hybridized carbons (Fsp3) is 0.435. The van der Waals surface area contributed by atoms with Gasteiger partial charge in [-0.05, 0) is 43.2 Å². The summed E-state index contributed by atoms with van der Waals surface area (Å²) in [5.74, 6) is 0.414. The standard InChI is InChI=1S/C23H28ClN3O5S/c1-26(2)20-8-7-17(33(29,30)27-9-4-3-5-10-27)15-19(20)25-23(28)16-13-18(24)22-21(14-16)31-11-6-12-32-22/h7-8,13-15H,3-6,9-12H2,1-2H3,(H,25,28). The summed E-state index contributed by atoms with van der Waals surface area (Å²) in [6.45, 7) is 1.97. The van der Waals surface area contributed by atoms with Crippen molar-refractivity contribution in [3.8, 4) is 11.5 Å². The second-order valence-corrected chi connectivity index (χ2v) is 10.7. The number of piperidine rings is 1. The van der Waals surface area contributed by atoms with Crippen molar-refractivity contribution in [3.05, 3.63) is 40.9 Å². The first kappa shape index (κ1) is 23.7. The van der Waals surface area contributed by atoms with Gasteiger partial charge in [0, 0.05) is 39.2 Å². The van der Waals surface area contributed by atoms with Crippen LogP contribution in [-0.2, 0) is 10.0 Å². The van der Waals surface area contributed by atoms with Gasteiger partial charge >= 0.3 is 0 Å². The zero-order valence-corrected chi connectivity index (χ0v) is 20.3. The van der Waals surface area contributed by atoms with Gasteiger partial charge in [-0.3, -0.25) is 4.79 Å². The number of ether oxygens (including phenoxy) is 2. The number of fused-ring (bicyclic) bond motifs is 1. The summed E-state index contributed by atoms with van der Waals surface area (Å²) in [5.41, 5.74) is 1.37. The molecule has 1 N–H and O–H groups in total. The maximum Gasteiger partial charge on any atom is 0.255 e. The number of carbonyl (C=O) groups excluding carboxylic acids is 1. The highest BCUT2D eigenvalue weighted by Gasteiger charge is 2.27. The molecule has 178 valence electrons. The molecule has 8 nitrogen and oxygen atoms in total. The lowest BCUT2D eigenvalue weighted by atomic mass is 10.1. The number of amides is 1. The summed E-state index contributed by atoms with van der Waals surface area (Å²) < 4.78 is 39.1. The molecule has 0 unspecified atom stereocenters. The van der Waals surface area contributed by atoms with Gasteiger partial charge in [0.2, 0.25) is 10.0 Å². The highest BCUT2D eigenvalue weighted by molar-refractivity contribution is 7.89. The van der Waals surface area contributed by atoms with Gasteiger partial charge in [0.1, 0.15) is 0 Å². The van der Waals surface area contributed by atoms with E-state index in [1.54, 1.807) is 18.2 Å². The number of hydrogen-bond donors (Lipinski definition) is 1. The maximum absolute atomic E-state index is 13.2. The smallest absolute Gasteiger partial charge is 0.255 e.